The van der Waals surface area contributed by atoms with Gasteiger partial charge in [-0.15, -0.1) is 0 Å². The van der Waals surface area contributed by atoms with Crippen LogP contribution in [0.5, 0.6) is 0 Å². The molecule has 1 aliphatic heterocycles. The summed E-state index contributed by atoms with van der Waals surface area (Å²) in [6.07, 6.45) is -0.901. The van der Waals surface area contributed by atoms with Crippen LogP contribution in [0.4, 0.5) is 11.4 Å². The summed E-state index contributed by atoms with van der Waals surface area (Å²) in [4.78, 5) is 11.2. The molecule has 1 N–H and O–H groups in total. The number of nitrogens with zero attached hydrogens (tertiary/aromatic N) is 2. The van der Waals surface area contributed by atoms with Crippen molar-refractivity contribution >= 4 is 21.4 Å². The average molecular weight is 395 g/mol. The predicted octanol–water partition coefficient (Wildman–Crippen LogP) is 3.91. The van der Waals surface area contributed by atoms with Crippen molar-refractivity contribution in [3.63, 3.8) is 0 Å². The number of hydrogen-bond donors (Lipinski definition) is 1. The van der Waals surface area contributed by atoms with Gasteiger partial charge in [0.05, 0.1) is 16.2 Å². The summed E-state index contributed by atoms with van der Waals surface area (Å²) >= 11 is 0. The largest absolute Gasteiger partial charge is 0.364 e. The van der Waals surface area contributed by atoms with Gasteiger partial charge < -0.3 is 5.32 Å². The molecule has 0 spiro atoms. The molecule has 7 nitrogen and oxygen atoms in total. The van der Waals surface area contributed by atoms with E-state index in [0.717, 1.165) is 5.56 Å². The number of para-hydroxylation sites is 2. The van der Waals surface area contributed by atoms with Crippen LogP contribution in [0, 0.1) is 10.1 Å². The molecule has 1 atom stereocenters. The van der Waals surface area contributed by atoms with Gasteiger partial charge in [0.15, 0.2) is 0 Å². The maximum Gasteiger partial charge on any atom is 0.276 e. The first-order valence-corrected chi connectivity index (χ1v) is 10.1. The molecule has 0 saturated heterocycles. The van der Waals surface area contributed by atoms with Crippen LogP contribution < -0.4 is 5.32 Å². The lowest BCUT2D eigenvalue weighted by molar-refractivity contribution is -0.385. The Morgan fingerprint density at radius 1 is 0.929 bits per heavy atom. The standard InChI is InChI=1S/C20H17N3O4S/c24-23(25)18-12-6-4-10-16(18)20-21-17-11-5-7-13-19(17)28(26,27)22(20)14-15-8-2-1-3-9-15/h1-13,20-21H,14H2/t20-/m1/s1. The van der Waals surface area contributed by atoms with Crippen molar-refractivity contribution in [2.24, 2.45) is 0 Å². The van der Waals surface area contributed by atoms with Crippen LogP contribution in [0.15, 0.2) is 83.8 Å². The minimum absolute atomic E-state index is 0.0845. The van der Waals surface area contributed by atoms with E-state index >= 15 is 0 Å². The fourth-order valence-corrected chi connectivity index (χ4v) is 5.02. The average Bonchev–Trinajstić information content (AvgIpc) is 2.71. The first kappa shape index (κ1) is 18.1. The first-order chi connectivity index (χ1) is 13.5. The van der Waals surface area contributed by atoms with Gasteiger partial charge in [0.25, 0.3) is 5.69 Å². The molecule has 0 fully saturated rings. The topological polar surface area (TPSA) is 92.5 Å². The van der Waals surface area contributed by atoms with Gasteiger partial charge in [0.2, 0.25) is 10.0 Å². The number of rotatable bonds is 4. The van der Waals surface area contributed by atoms with E-state index in [1.165, 1.54) is 16.4 Å². The number of nitro groups is 1. The third kappa shape index (κ3) is 3.12. The van der Waals surface area contributed by atoms with Crippen molar-refractivity contribution in [2.75, 3.05) is 5.32 Å². The number of anilines is 1. The molecule has 3 aromatic rings. The highest BCUT2D eigenvalue weighted by atomic mass is 32.2. The van der Waals surface area contributed by atoms with Crippen LogP contribution in [-0.4, -0.2) is 17.6 Å². The van der Waals surface area contributed by atoms with E-state index in [4.69, 9.17) is 0 Å². The molecule has 0 radical (unpaired) electrons. The van der Waals surface area contributed by atoms with Gasteiger partial charge in [0, 0.05) is 12.6 Å². The molecule has 142 valence electrons. The molecular formula is C20H17N3O4S. The lowest BCUT2D eigenvalue weighted by Gasteiger charge is -2.37. The number of sulfonamides is 1. The second-order valence-electron chi connectivity index (χ2n) is 6.39. The van der Waals surface area contributed by atoms with Crippen LogP contribution in [0.3, 0.4) is 0 Å². The summed E-state index contributed by atoms with van der Waals surface area (Å²) in [5.74, 6) is 0. The molecule has 1 aliphatic rings. The molecule has 0 unspecified atom stereocenters. The molecule has 0 aliphatic carbocycles. The Morgan fingerprint density at radius 2 is 1.57 bits per heavy atom. The van der Waals surface area contributed by atoms with E-state index in [-0.39, 0.29) is 17.1 Å². The first-order valence-electron chi connectivity index (χ1n) is 8.63. The highest BCUT2D eigenvalue weighted by molar-refractivity contribution is 7.89. The molecular weight excluding hydrogens is 378 g/mol. The maximum atomic E-state index is 13.4. The van der Waals surface area contributed by atoms with Crippen LogP contribution in [0.25, 0.3) is 0 Å². The van der Waals surface area contributed by atoms with Crippen LogP contribution >= 0.6 is 0 Å². The summed E-state index contributed by atoms with van der Waals surface area (Å²) in [5, 5.41) is 14.7. The number of fused-ring (bicyclic) bond motifs is 1. The molecule has 28 heavy (non-hydrogen) atoms. The summed E-state index contributed by atoms with van der Waals surface area (Å²) < 4.78 is 28.0. The van der Waals surface area contributed by atoms with Gasteiger partial charge in [-0.3, -0.25) is 10.1 Å². The molecule has 0 aromatic heterocycles. The number of benzene rings is 3. The summed E-state index contributed by atoms with van der Waals surface area (Å²) in [7, 11) is -3.87. The van der Waals surface area contributed by atoms with Crippen molar-refractivity contribution in [3.8, 4) is 0 Å². The normalized spacial score (nSPS) is 18.1. The molecule has 4 rings (SSSR count). The molecule has 0 bridgehead atoms. The third-order valence-electron chi connectivity index (χ3n) is 4.66. The van der Waals surface area contributed by atoms with Gasteiger partial charge in [-0.1, -0.05) is 54.6 Å². The second-order valence-corrected chi connectivity index (χ2v) is 8.25. The van der Waals surface area contributed by atoms with Crippen molar-refractivity contribution < 1.29 is 13.3 Å². The molecule has 0 amide bonds. The van der Waals surface area contributed by atoms with E-state index in [2.05, 4.69) is 5.32 Å². The van der Waals surface area contributed by atoms with Crippen molar-refractivity contribution in [3.05, 3.63) is 100 Å². The van der Waals surface area contributed by atoms with Gasteiger partial charge in [-0.25, -0.2) is 8.42 Å². The van der Waals surface area contributed by atoms with Gasteiger partial charge >= 0.3 is 0 Å². The fourth-order valence-electron chi connectivity index (χ4n) is 3.35. The Morgan fingerprint density at radius 3 is 2.32 bits per heavy atom. The van der Waals surface area contributed by atoms with Crippen molar-refractivity contribution in [1.82, 2.24) is 4.31 Å². The van der Waals surface area contributed by atoms with Gasteiger partial charge in [-0.2, -0.15) is 4.31 Å². The quantitative estimate of drug-likeness (QED) is 0.534. The Hall–Kier alpha value is -3.23. The lowest BCUT2D eigenvalue weighted by Crippen LogP contribution is -2.42. The maximum absolute atomic E-state index is 13.4. The summed E-state index contributed by atoms with van der Waals surface area (Å²) in [6, 6.07) is 21.9. The summed E-state index contributed by atoms with van der Waals surface area (Å²) in [5.41, 5.74) is 1.37. The zero-order chi connectivity index (χ0) is 19.7. The highest BCUT2D eigenvalue weighted by Gasteiger charge is 2.41. The SMILES string of the molecule is O=[N+]([O-])c1ccccc1[C@@H]1Nc2ccccc2S(=O)(=O)N1Cc1ccccc1. The minimum Gasteiger partial charge on any atom is -0.364 e. The Labute approximate surface area is 162 Å². The Balaban J connectivity index is 1.89. The van der Waals surface area contributed by atoms with Crippen LogP contribution in [0.1, 0.15) is 17.3 Å². The molecule has 1 heterocycles. The van der Waals surface area contributed by atoms with Crippen LogP contribution in [-0.2, 0) is 16.6 Å². The minimum atomic E-state index is -3.87. The van der Waals surface area contributed by atoms with E-state index < -0.39 is 21.1 Å². The Bertz CT molecular complexity index is 1130. The zero-order valence-corrected chi connectivity index (χ0v) is 15.5. The molecule has 0 saturated carbocycles. The predicted molar refractivity (Wildman–Crippen MR) is 105 cm³/mol. The fraction of sp³-hybridized carbons (Fsp3) is 0.100. The number of hydrogen-bond acceptors (Lipinski definition) is 5. The third-order valence-corrected chi connectivity index (χ3v) is 6.53. The Kier molecular flexibility index (Phi) is 4.58. The van der Waals surface area contributed by atoms with Crippen molar-refractivity contribution in [1.29, 1.82) is 0 Å². The number of nitrogens with one attached hydrogen (secondary N) is 1. The van der Waals surface area contributed by atoms with Crippen LogP contribution in [0.2, 0.25) is 0 Å². The van der Waals surface area contributed by atoms with E-state index in [1.54, 1.807) is 36.4 Å². The smallest absolute Gasteiger partial charge is 0.276 e. The molecule has 3 aromatic carbocycles. The van der Waals surface area contributed by atoms with E-state index in [0.29, 0.717) is 11.3 Å². The summed E-state index contributed by atoms with van der Waals surface area (Å²) in [6.45, 7) is 0.0845. The highest BCUT2D eigenvalue weighted by Crippen LogP contribution is 2.41. The van der Waals surface area contributed by atoms with E-state index in [1.807, 2.05) is 30.3 Å². The number of nitro benzene ring substituents is 1. The van der Waals surface area contributed by atoms with E-state index in [9.17, 15) is 18.5 Å². The molecule has 8 heteroatoms. The second kappa shape index (κ2) is 7.06. The lowest BCUT2D eigenvalue weighted by atomic mass is 10.1. The van der Waals surface area contributed by atoms with Crippen molar-refractivity contribution in [2.45, 2.75) is 17.6 Å². The van der Waals surface area contributed by atoms with Gasteiger partial charge in [0.1, 0.15) is 11.1 Å². The zero-order valence-electron chi connectivity index (χ0n) is 14.7. The monoisotopic (exact) mass is 395 g/mol. The van der Waals surface area contributed by atoms with Gasteiger partial charge in [-0.05, 0) is 23.8 Å².